The number of para-hydroxylation sites is 1. The van der Waals surface area contributed by atoms with Crippen molar-refractivity contribution in [1.29, 1.82) is 0 Å². The fourth-order valence-corrected chi connectivity index (χ4v) is 2.73. The number of hydrogen-bond acceptors (Lipinski definition) is 2. The first-order chi connectivity index (χ1) is 13.2. The van der Waals surface area contributed by atoms with E-state index in [0.29, 0.717) is 0 Å². The minimum atomic E-state index is -0.209. The van der Waals surface area contributed by atoms with Gasteiger partial charge in [0.1, 0.15) is 5.82 Å². The van der Waals surface area contributed by atoms with E-state index in [-0.39, 0.29) is 29.8 Å². The number of hydrogen-bond donors (Lipinski definition) is 2. The molecule has 1 aromatic heterocycles. The predicted octanol–water partition coefficient (Wildman–Crippen LogP) is 3.58. The van der Waals surface area contributed by atoms with E-state index in [1.54, 1.807) is 19.2 Å². The van der Waals surface area contributed by atoms with E-state index in [2.05, 4.69) is 20.7 Å². The highest BCUT2D eigenvalue weighted by atomic mass is 127. The summed E-state index contributed by atoms with van der Waals surface area (Å²) >= 11 is 0. The van der Waals surface area contributed by atoms with Crippen LogP contribution in [0.25, 0.3) is 5.69 Å². The summed E-state index contributed by atoms with van der Waals surface area (Å²) in [6, 6.07) is 16.6. The molecule has 5 nitrogen and oxygen atoms in total. The lowest BCUT2D eigenvalue weighted by Gasteiger charge is -2.11. The smallest absolute Gasteiger partial charge is 0.190 e. The van der Waals surface area contributed by atoms with E-state index in [4.69, 9.17) is 0 Å². The Morgan fingerprint density at radius 2 is 1.61 bits per heavy atom. The van der Waals surface area contributed by atoms with Gasteiger partial charge in [0, 0.05) is 26.3 Å². The molecule has 0 unspecified atom stereocenters. The average Bonchev–Trinajstić information content (AvgIpc) is 3.18. The zero-order valence-electron chi connectivity index (χ0n) is 15.8. The number of aliphatic imine (C=N–C) groups is 1. The first-order valence-corrected chi connectivity index (χ1v) is 9.02. The first-order valence-electron chi connectivity index (χ1n) is 9.02. The molecular formula is C21H25FIN5. The molecule has 0 amide bonds. The van der Waals surface area contributed by atoms with Gasteiger partial charge in [0.15, 0.2) is 5.96 Å². The number of benzene rings is 2. The van der Waals surface area contributed by atoms with E-state index in [1.807, 2.05) is 47.4 Å². The zero-order chi connectivity index (χ0) is 18.9. The normalized spacial score (nSPS) is 11.0. The Morgan fingerprint density at radius 1 is 0.964 bits per heavy atom. The fraction of sp³-hybridized carbons (Fsp3) is 0.238. The van der Waals surface area contributed by atoms with Crippen LogP contribution in [0.3, 0.4) is 0 Å². The number of nitrogens with zero attached hydrogens (tertiary/aromatic N) is 3. The second-order valence-corrected chi connectivity index (χ2v) is 6.18. The van der Waals surface area contributed by atoms with E-state index in [0.717, 1.165) is 48.7 Å². The zero-order valence-corrected chi connectivity index (χ0v) is 18.1. The Balaban J connectivity index is 0.00000280. The Labute approximate surface area is 182 Å². The lowest BCUT2D eigenvalue weighted by atomic mass is 10.1. The second kappa shape index (κ2) is 11.4. The molecule has 3 aromatic rings. The van der Waals surface area contributed by atoms with Gasteiger partial charge in [-0.3, -0.25) is 4.99 Å². The highest BCUT2D eigenvalue weighted by Crippen LogP contribution is 2.07. The Morgan fingerprint density at radius 3 is 2.25 bits per heavy atom. The number of aromatic nitrogens is 2. The summed E-state index contributed by atoms with van der Waals surface area (Å²) in [4.78, 5) is 4.23. The third-order valence-corrected chi connectivity index (χ3v) is 4.21. The van der Waals surface area contributed by atoms with Gasteiger partial charge in [0.05, 0.1) is 11.9 Å². The third kappa shape index (κ3) is 6.63. The van der Waals surface area contributed by atoms with Gasteiger partial charge in [-0.05, 0) is 48.2 Å². The van der Waals surface area contributed by atoms with Gasteiger partial charge in [0.2, 0.25) is 0 Å². The molecule has 0 aliphatic heterocycles. The van der Waals surface area contributed by atoms with Gasteiger partial charge in [-0.25, -0.2) is 9.07 Å². The first kappa shape index (κ1) is 21.9. The minimum Gasteiger partial charge on any atom is -0.356 e. The van der Waals surface area contributed by atoms with Crippen LogP contribution < -0.4 is 10.6 Å². The summed E-state index contributed by atoms with van der Waals surface area (Å²) in [5.74, 6) is 0.548. The van der Waals surface area contributed by atoms with Crippen LogP contribution in [0.5, 0.6) is 0 Å². The molecule has 3 rings (SSSR count). The molecule has 0 fully saturated rings. The fourth-order valence-electron chi connectivity index (χ4n) is 2.73. The van der Waals surface area contributed by atoms with Crippen LogP contribution in [-0.4, -0.2) is 35.9 Å². The summed E-state index contributed by atoms with van der Waals surface area (Å²) in [7, 11) is 1.75. The van der Waals surface area contributed by atoms with Crippen LogP contribution in [0.4, 0.5) is 4.39 Å². The number of halogens is 2. The Kier molecular flexibility index (Phi) is 8.93. The maximum absolute atomic E-state index is 12.9. The summed E-state index contributed by atoms with van der Waals surface area (Å²) in [5.41, 5.74) is 3.30. The summed E-state index contributed by atoms with van der Waals surface area (Å²) < 4.78 is 14.8. The SMILES string of the molecule is CN=C(NCCc1ccc(F)cc1)NCCc1cnn(-c2ccccc2)c1.I. The van der Waals surface area contributed by atoms with E-state index >= 15 is 0 Å². The maximum Gasteiger partial charge on any atom is 0.190 e. The van der Waals surface area contributed by atoms with Crippen molar-refractivity contribution in [3.05, 3.63) is 83.9 Å². The van der Waals surface area contributed by atoms with Crippen molar-refractivity contribution in [2.75, 3.05) is 20.1 Å². The van der Waals surface area contributed by atoms with Gasteiger partial charge in [-0.2, -0.15) is 5.10 Å². The maximum atomic E-state index is 12.9. The topological polar surface area (TPSA) is 54.2 Å². The van der Waals surface area contributed by atoms with Crippen LogP contribution in [0.15, 0.2) is 72.0 Å². The standard InChI is InChI=1S/C21H24FN5.HI/c1-23-21(24-13-11-17-7-9-19(22)10-8-17)25-14-12-18-15-26-27(16-18)20-5-3-2-4-6-20;/h2-10,15-16H,11-14H2,1H3,(H2,23,24,25);1H. The number of nitrogens with one attached hydrogen (secondary N) is 2. The molecule has 148 valence electrons. The molecule has 0 aliphatic rings. The van der Waals surface area contributed by atoms with Crippen molar-refractivity contribution >= 4 is 29.9 Å². The number of guanidine groups is 1. The van der Waals surface area contributed by atoms with Gasteiger partial charge >= 0.3 is 0 Å². The van der Waals surface area contributed by atoms with Crippen molar-refractivity contribution in [3.63, 3.8) is 0 Å². The summed E-state index contributed by atoms with van der Waals surface area (Å²) in [5, 5.41) is 11.0. The van der Waals surface area contributed by atoms with E-state index < -0.39 is 0 Å². The highest BCUT2D eigenvalue weighted by Gasteiger charge is 2.02. The second-order valence-electron chi connectivity index (χ2n) is 6.18. The van der Waals surface area contributed by atoms with E-state index in [1.165, 1.54) is 12.1 Å². The van der Waals surface area contributed by atoms with Crippen LogP contribution in [0.2, 0.25) is 0 Å². The number of rotatable bonds is 7. The molecule has 2 N–H and O–H groups in total. The molecular weight excluding hydrogens is 468 g/mol. The van der Waals surface area contributed by atoms with Crippen molar-refractivity contribution in [2.45, 2.75) is 12.8 Å². The molecule has 1 heterocycles. The van der Waals surface area contributed by atoms with Gasteiger partial charge in [0.25, 0.3) is 0 Å². The predicted molar refractivity (Wildman–Crippen MR) is 122 cm³/mol. The third-order valence-electron chi connectivity index (χ3n) is 4.21. The van der Waals surface area contributed by atoms with Crippen LogP contribution >= 0.6 is 24.0 Å². The molecule has 28 heavy (non-hydrogen) atoms. The summed E-state index contributed by atoms with van der Waals surface area (Å²) in [6.07, 6.45) is 5.59. The molecule has 7 heteroatoms. The lowest BCUT2D eigenvalue weighted by Crippen LogP contribution is -2.39. The molecule has 0 aliphatic carbocycles. The Bertz CT molecular complexity index is 862. The van der Waals surface area contributed by atoms with Crippen molar-refractivity contribution in [2.24, 2.45) is 4.99 Å². The largest absolute Gasteiger partial charge is 0.356 e. The molecule has 2 aromatic carbocycles. The monoisotopic (exact) mass is 493 g/mol. The van der Waals surface area contributed by atoms with Crippen LogP contribution in [0.1, 0.15) is 11.1 Å². The van der Waals surface area contributed by atoms with Crippen LogP contribution in [-0.2, 0) is 12.8 Å². The quantitative estimate of drug-likeness (QED) is 0.301. The van der Waals surface area contributed by atoms with Crippen molar-refractivity contribution < 1.29 is 4.39 Å². The molecule has 0 bridgehead atoms. The molecule has 0 spiro atoms. The average molecular weight is 493 g/mol. The minimum absolute atomic E-state index is 0. The summed E-state index contributed by atoms with van der Waals surface area (Å²) in [6.45, 7) is 1.49. The lowest BCUT2D eigenvalue weighted by molar-refractivity contribution is 0.626. The van der Waals surface area contributed by atoms with Gasteiger partial charge in [-0.15, -0.1) is 24.0 Å². The van der Waals surface area contributed by atoms with Crippen molar-refractivity contribution in [3.8, 4) is 5.69 Å². The highest BCUT2D eigenvalue weighted by molar-refractivity contribution is 14.0. The molecule has 0 saturated carbocycles. The Hall–Kier alpha value is -2.42. The van der Waals surface area contributed by atoms with Gasteiger partial charge in [-0.1, -0.05) is 30.3 Å². The molecule has 0 atom stereocenters. The van der Waals surface area contributed by atoms with Crippen molar-refractivity contribution in [1.82, 2.24) is 20.4 Å². The van der Waals surface area contributed by atoms with E-state index in [9.17, 15) is 4.39 Å². The van der Waals surface area contributed by atoms with Gasteiger partial charge < -0.3 is 10.6 Å². The molecule has 0 radical (unpaired) electrons. The van der Waals surface area contributed by atoms with Crippen LogP contribution in [0, 0.1) is 5.82 Å². The molecule has 0 saturated heterocycles.